The lowest BCUT2D eigenvalue weighted by atomic mass is 10.1. The van der Waals surface area contributed by atoms with Gasteiger partial charge in [0.15, 0.2) is 0 Å². The van der Waals surface area contributed by atoms with E-state index < -0.39 is 0 Å². The topological polar surface area (TPSA) is 58.2 Å². The number of rotatable bonds is 5. The Morgan fingerprint density at radius 2 is 1.67 bits per heavy atom. The van der Waals surface area contributed by atoms with Gasteiger partial charge in [-0.3, -0.25) is 9.59 Å². The van der Waals surface area contributed by atoms with Gasteiger partial charge in [0.25, 0.3) is 11.8 Å². The van der Waals surface area contributed by atoms with Gasteiger partial charge < -0.3 is 10.6 Å². The van der Waals surface area contributed by atoms with Gasteiger partial charge in [-0.1, -0.05) is 53.6 Å². The standard InChI is InChI=1S/C22H19ClN2O2/c1-15-6-4-8-17(12-15)21(26)25-20-11-3-2-10-19(20)22(27)24-14-16-7-5-9-18(23)13-16/h2-13H,14H2,1H3,(H,24,27)(H,25,26). The van der Waals surface area contributed by atoms with E-state index in [0.29, 0.717) is 28.4 Å². The number of aryl methyl sites for hydroxylation is 1. The van der Waals surface area contributed by atoms with Crippen molar-refractivity contribution in [2.45, 2.75) is 13.5 Å². The highest BCUT2D eigenvalue weighted by atomic mass is 35.5. The van der Waals surface area contributed by atoms with Crippen molar-refractivity contribution in [3.05, 3.63) is 100 Å². The molecule has 0 bridgehead atoms. The molecule has 0 aliphatic carbocycles. The molecule has 0 aliphatic heterocycles. The van der Waals surface area contributed by atoms with Crippen molar-refractivity contribution in [2.24, 2.45) is 0 Å². The second kappa shape index (κ2) is 8.52. The molecule has 0 aromatic heterocycles. The lowest BCUT2D eigenvalue weighted by Gasteiger charge is -2.12. The molecule has 3 aromatic carbocycles. The van der Waals surface area contributed by atoms with Crippen molar-refractivity contribution >= 4 is 29.1 Å². The molecular formula is C22H19ClN2O2. The Balaban J connectivity index is 1.73. The van der Waals surface area contributed by atoms with Crippen LogP contribution >= 0.6 is 11.6 Å². The molecule has 27 heavy (non-hydrogen) atoms. The number of benzene rings is 3. The minimum Gasteiger partial charge on any atom is -0.348 e. The zero-order valence-corrected chi connectivity index (χ0v) is 15.6. The number of carbonyl (C=O) groups is 2. The first-order chi connectivity index (χ1) is 13.0. The minimum absolute atomic E-state index is 0.256. The van der Waals surface area contributed by atoms with Gasteiger partial charge >= 0.3 is 0 Å². The molecule has 0 heterocycles. The highest BCUT2D eigenvalue weighted by Crippen LogP contribution is 2.17. The van der Waals surface area contributed by atoms with E-state index in [1.807, 2.05) is 31.2 Å². The fraction of sp³-hybridized carbons (Fsp3) is 0.0909. The van der Waals surface area contributed by atoms with Crippen molar-refractivity contribution < 1.29 is 9.59 Å². The minimum atomic E-state index is -0.268. The number of nitrogens with one attached hydrogen (secondary N) is 2. The zero-order valence-electron chi connectivity index (χ0n) is 14.8. The Morgan fingerprint density at radius 3 is 2.44 bits per heavy atom. The van der Waals surface area contributed by atoms with Crippen LogP contribution in [0.1, 0.15) is 31.8 Å². The maximum Gasteiger partial charge on any atom is 0.255 e. The van der Waals surface area contributed by atoms with Crippen LogP contribution in [0.5, 0.6) is 0 Å². The van der Waals surface area contributed by atoms with E-state index in [1.165, 1.54) is 0 Å². The Morgan fingerprint density at radius 1 is 0.889 bits per heavy atom. The molecule has 0 radical (unpaired) electrons. The summed E-state index contributed by atoms with van der Waals surface area (Å²) in [5.74, 6) is -0.524. The Labute approximate surface area is 163 Å². The molecule has 0 aliphatic rings. The molecule has 4 nitrogen and oxygen atoms in total. The molecule has 5 heteroatoms. The molecule has 0 spiro atoms. The summed E-state index contributed by atoms with van der Waals surface area (Å²) < 4.78 is 0. The van der Waals surface area contributed by atoms with Crippen LogP contribution in [0.15, 0.2) is 72.8 Å². The smallest absolute Gasteiger partial charge is 0.255 e. The lowest BCUT2D eigenvalue weighted by Crippen LogP contribution is -2.24. The molecular weight excluding hydrogens is 360 g/mol. The summed E-state index contributed by atoms with van der Waals surface area (Å²) in [6.07, 6.45) is 0. The van der Waals surface area contributed by atoms with E-state index in [1.54, 1.807) is 48.5 Å². The average molecular weight is 379 g/mol. The van der Waals surface area contributed by atoms with Crippen LogP contribution in [0.2, 0.25) is 5.02 Å². The van der Waals surface area contributed by atoms with Gasteiger partial charge in [-0.05, 0) is 48.9 Å². The highest BCUT2D eigenvalue weighted by Gasteiger charge is 2.14. The SMILES string of the molecule is Cc1cccc(C(=O)Nc2ccccc2C(=O)NCc2cccc(Cl)c2)c1. The molecule has 0 saturated heterocycles. The normalized spacial score (nSPS) is 10.3. The molecule has 2 amide bonds. The van der Waals surface area contributed by atoms with Gasteiger partial charge in [0.05, 0.1) is 11.3 Å². The van der Waals surface area contributed by atoms with Gasteiger partial charge in [-0.25, -0.2) is 0 Å². The van der Waals surface area contributed by atoms with Crippen LogP contribution in [-0.4, -0.2) is 11.8 Å². The van der Waals surface area contributed by atoms with Gasteiger partial charge in [0.2, 0.25) is 0 Å². The van der Waals surface area contributed by atoms with Crippen molar-refractivity contribution in [1.29, 1.82) is 0 Å². The predicted octanol–water partition coefficient (Wildman–Crippen LogP) is 4.83. The number of amides is 2. The Bertz CT molecular complexity index is 985. The number of para-hydroxylation sites is 1. The first-order valence-electron chi connectivity index (χ1n) is 8.52. The van der Waals surface area contributed by atoms with Crippen LogP contribution in [0.4, 0.5) is 5.69 Å². The molecule has 3 rings (SSSR count). The molecule has 3 aromatic rings. The third-order valence-corrected chi connectivity index (χ3v) is 4.28. The number of hydrogen-bond donors (Lipinski definition) is 2. The maximum atomic E-state index is 12.6. The van der Waals surface area contributed by atoms with Crippen LogP contribution in [-0.2, 0) is 6.54 Å². The molecule has 0 atom stereocenters. The number of anilines is 1. The summed E-state index contributed by atoms with van der Waals surface area (Å²) in [7, 11) is 0. The van der Waals surface area contributed by atoms with Crippen molar-refractivity contribution in [2.75, 3.05) is 5.32 Å². The zero-order chi connectivity index (χ0) is 19.2. The van der Waals surface area contributed by atoms with E-state index >= 15 is 0 Å². The molecule has 2 N–H and O–H groups in total. The maximum absolute atomic E-state index is 12.6. The van der Waals surface area contributed by atoms with E-state index in [4.69, 9.17) is 11.6 Å². The fourth-order valence-corrected chi connectivity index (χ4v) is 2.91. The van der Waals surface area contributed by atoms with Crippen molar-refractivity contribution in [1.82, 2.24) is 5.32 Å². The van der Waals surface area contributed by atoms with E-state index in [9.17, 15) is 9.59 Å². The molecule has 0 fully saturated rings. The summed E-state index contributed by atoms with van der Waals surface area (Å²) in [4.78, 5) is 25.1. The first-order valence-corrected chi connectivity index (χ1v) is 8.90. The lowest BCUT2D eigenvalue weighted by molar-refractivity contribution is 0.0952. The summed E-state index contributed by atoms with van der Waals surface area (Å²) in [6.45, 7) is 2.27. The monoisotopic (exact) mass is 378 g/mol. The average Bonchev–Trinajstić information content (AvgIpc) is 2.66. The van der Waals surface area contributed by atoms with Crippen LogP contribution in [0, 0.1) is 6.92 Å². The summed E-state index contributed by atoms with van der Waals surface area (Å²) in [5.41, 5.74) is 3.31. The fourth-order valence-electron chi connectivity index (χ4n) is 2.70. The number of hydrogen-bond acceptors (Lipinski definition) is 2. The Hall–Kier alpha value is -3.11. The predicted molar refractivity (Wildman–Crippen MR) is 108 cm³/mol. The summed E-state index contributed by atoms with van der Waals surface area (Å²) in [5, 5.41) is 6.30. The van der Waals surface area contributed by atoms with Crippen molar-refractivity contribution in [3.8, 4) is 0 Å². The van der Waals surface area contributed by atoms with Crippen LogP contribution in [0.25, 0.3) is 0 Å². The molecule has 0 unspecified atom stereocenters. The first kappa shape index (κ1) is 18.7. The second-order valence-electron chi connectivity index (χ2n) is 6.18. The van der Waals surface area contributed by atoms with Gasteiger partial charge in [0.1, 0.15) is 0 Å². The van der Waals surface area contributed by atoms with E-state index in [2.05, 4.69) is 10.6 Å². The second-order valence-corrected chi connectivity index (χ2v) is 6.62. The highest BCUT2D eigenvalue weighted by molar-refractivity contribution is 6.30. The van der Waals surface area contributed by atoms with Gasteiger partial charge in [0, 0.05) is 17.1 Å². The number of carbonyl (C=O) groups excluding carboxylic acids is 2. The quantitative estimate of drug-likeness (QED) is 0.668. The molecule has 0 saturated carbocycles. The summed E-state index contributed by atoms with van der Waals surface area (Å²) in [6, 6.07) is 21.5. The van der Waals surface area contributed by atoms with Crippen LogP contribution < -0.4 is 10.6 Å². The largest absolute Gasteiger partial charge is 0.348 e. The summed E-state index contributed by atoms with van der Waals surface area (Å²) >= 11 is 5.97. The van der Waals surface area contributed by atoms with E-state index in [-0.39, 0.29) is 11.8 Å². The van der Waals surface area contributed by atoms with Crippen molar-refractivity contribution in [3.63, 3.8) is 0 Å². The van der Waals surface area contributed by atoms with Gasteiger partial charge in [-0.2, -0.15) is 0 Å². The third kappa shape index (κ3) is 4.96. The third-order valence-electron chi connectivity index (χ3n) is 4.04. The van der Waals surface area contributed by atoms with E-state index in [0.717, 1.165) is 11.1 Å². The van der Waals surface area contributed by atoms with Gasteiger partial charge in [-0.15, -0.1) is 0 Å². The number of halogens is 1. The Kier molecular flexibility index (Phi) is 5.89. The molecule has 136 valence electrons. The van der Waals surface area contributed by atoms with Crippen LogP contribution in [0.3, 0.4) is 0 Å².